The number of hydrogen-bond donors (Lipinski definition) is 0. The number of halogens is 3. The van der Waals surface area contributed by atoms with Gasteiger partial charge in [-0.3, -0.25) is 9.69 Å². The van der Waals surface area contributed by atoms with Gasteiger partial charge in [-0.1, -0.05) is 42.5 Å². The monoisotopic (exact) mass is 434 g/mol. The summed E-state index contributed by atoms with van der Waals surface area (Å²) in [4.78, 5) is 16.7. The minimum atomic E-state index is -4.71. The molecule has 0 radical (unpaired) electrons. The lowest BCUT2D eigenvalue weighted by Crippen LogP contribution is -2.53. The fourth-order valence-corrected chi connectivity index (χ4v) is 4.35. The van der Waals surface area contributed by atoms with Crippen molar-refractivity contribution in [3.8, 4) is 5.75 Å². The summed E-state index contributed by atoms with van der Waals surface area (Å²) in [7, 11) is 0. The van der Waals surface area contributed by atoms with Gasteiger partial charge in [-0.2, -0.15) is 0 Å². The molecule has 2 saturated heterocycles. The molecule has 1 amide bonds. The number of carbonyl (C=O) groups excluding carboxylic acids is 1. The van der Waals surface area contributed by atoms with Gasteiger partial charge in [-0.25, -0.2) is 0 Å². The van der Waals surface area contributed by atoms with Crippen molar-refractivity contribution in [2.45, 2.75) is 44.4 Å². The fraction of sp³-hybridized carbons (Fsp3) is 0.435. The van der Waals surface area contributed by atoms with E-state index in [1.165, 1.54) is 12.1 Å². The normalized spacial score (nSPS) is 22.7. The average Bonchev–Trinajstić information content (AvgIpc) is 2.92. The van der Waals surface area contributed by atoms with E-state index in [2.05, 4.69) is 9.64 Å². The average molecular weight is 434 g/mol. The van der Waals surface area contributed by atoms with Crippen LogP contribution in [0.3, 0.4) is 0 Å². The Kier molecular flexibility index (Phi) is 6.48. The van der Waals surface area contributed by atoms with E-state index in [0.717, 1.165) is 37.1 Å². The summed E-state index contributed by atoms with van der Waals surface area (Å²) in [5.41, 5.74) is 1.84. The molecule has 2 atom stereocenters. The summed E-state index contributed by atoms with van der Waals surface area (Å²) in [5, 5.41) is 0. The van der Waals surface area contributed by atoms with E-state index in [0.29, 0.717) is 13.1 Å². The predicted molar refractivity (Wildman–Crippen MR) is 108 cm³/mol. The highest BCUT2D eigenvalue weighted by Gasteiger charge is 2.38. The number of morpholine rings is 1. The number of rotatable bonds is 5. The summed E-state index contributed by atoms with van der Waals surface area (Å²) in [5.74, 6) is -0.216. The quantitative estimate of drug-likeness (QED) is 0.714. The Morgan fingerprint density at radius 1 is 0.968 bits per heavy atom. The Balaban J connectivity index is 1.41. The van der Waals surface area contributed by atoms with Crippen LogP contribution in [0.5, 0.6) is 5.75 Å². The fourth-order valence-electron chi connectivity index (χ4n) is 4.35. The van der Waals surface area contributed by atoms with E-state index in [-0.39, 0.29) is 30.4 Å². The first-order valence-electron chi connectivity index (χ1n) is 10.4. The number of carbonyl (C=O) groups is 1. The Hall–Kier alpha value is -2.58. The summed E-state index contributed by atoms with van der Waals surface area (Å²) in [6.07, 6.45) is -3.22. The van der Waals surface area contributed by atoms with Crippen molar-refractivity contribution < 1.29 is 27.4 Å². The first-order valence-corrected chi connectivity index (χ1v) is 10.4. The molecule has 2 heterocycles. The molecule has 4 rings (SSSR count). The van der Waals surface area contributed by atoms with Gasteiger partial charge >= 0.3 is 6.36 Å². The van der Waals surface area contributed by atoms with Crippen LogP contribution in [0.25, 0.3) is 0 Å². The van der Waals surface area contributed by atoms with Crippen molar-refractivity contribution in [1.29, 1.82) is 0 Å². The number of hydrogen-bond acceptors (Lipinski definition) is 4. The number of nitrogens with zero attached hydrogens (tertiary/aromatic N) is 2. The summed E-state index contributed by atoms with van der Waals surface area (Å²) < 4.78 is 47.4. The van der Waals surface area contributed by atoms with Gasteiger partial charge in [-0.15, -0.1) is 13.2 Å². The SMILES string of the molecule is O=C1CO[C@H]2CCN(Cc3cccc(OC(F)(F)F)c3)CC[C@@H]2N1Cc1ccccc1. The highest BCUT2D eigenvalue weighted by atomic mass is 19.4. The molecular formula is C23H25F3N2O3. The van der Waals surface area contributed by atoms with Crippen LogP contribution in [0.4, 0.5) is 13.2 Å². The molecule has 0 unspecified atom stereocenters. The number of likely N-dealkylation sites (tertiary alicyclic amines) is 1. The summed E-state index contributed by atoms with van der Waals surface area (Å²) >= 11 is 0. The van der Waals surface area contributed by atoms with Crippen LogP contribution in [0, 0.1) is 0 Å². The Morgan fingerprint density at radius 3 is 2.48 bits per heavy atom. The van der Waals surface area contributed by atoms with Gasteiger partial charge < -0.3 is 14.4 Å². The molecule has 0 saturated carbocycles. The highest BCUT2D eigenvalue weighted by Crippen LogP contribution is 2.28. The molecule has 0 spiro atoms. The van der Waals surface area contributed by atoms with E-state index in [9.17, 15) is 18.0 Å². The first kappa shape index (κ1) is 21.6. The Morgan fingerprint density at radius 2 is 1.71 bits per heavy atom. The zero-order valence-corrected chi connectivity index (χ0v) is 17.1. The lowest BCUT2D eigenvalue weighted by Gasteiger charge is -2.40. The predicted octanol–water partition coefficient (Wildman–Crippen LogP) is 3.98. The topological polar surface area (TPSA) is 42.0 Å². The summed E-state index contributed by atoms with van der Waals surface area (Å²) in [6.45, 7) is 2.64. The van der Waals surface area contributed by atoms with Crippen molar-refractivity contribution in [2.24, 2.45) is 0 Å². The smallest absolute Gasteiger partial charge is 0.406 e. The molecule has 8 heteroatoms. The molecule has 2 aliphatic heterocycles. The van der Waals surface area contributed by atoms with Crippen LogP contribution in [-0.4, -0.2) is 53.9 Å². The molecule has 0 aliphatic carbocycles. The molecule has 2 fully saturated rings. The third-order valence-corrected chi connectivity index (χ3v) is 5.78. The zero-order valence-electron chi connectivity index (χ0n) is 17.1. The molecule has 0 aromatic heterocycles. The minimum absolute atomic E-state index is 0.00412. The van der Waals surface area contributed by atoms with Crippen LogP contribution in [0.15, 0.2) is 54.6 Å². The van der Waals surface area contributed by atoms with E-state index in [1.807, 2.05) is 35.2 Å². The van der Waals surface area contributed by atoms with Crippen LogP contribution in [0.1, 0.15) is 24.0 Å². The zero-order chi connectivity index (χ0) is 21.8. The molecule has 2 aliphatic rings. The molecule has 31 heavy (non-hydrogen) atoms. The maximum absolute atomic E-state index is 12.6. The number of ether oxygens (including phenoxy) is 2. The van der Waals surface area contributed by atoms with Crippen LogP contribution < -0.4 is 4.74 Å². The van der Waals surface area contributed by atoms with Crippen molar-refractivity contribution in [3.63, 3.8) is 0 Å². The minimum Gasteiger partial charge on any atom is -0.406 e. The second-order valence-corrected chi connectivity index (χ2v) is 7.97. The maximum Gasteiger partial charge on any atom is 0.573 e. The Bertz CT molecular complexity index is 891. The van der Waals surface area contributed by atoms with Crippen molar-refractivity contribution in [1.82, 2.24) is 9.80 Å². The van der Waals surface area contributed by atoms with Gasteiger partial charge in [0.15, 0.2) is 0 Å². The number of amides is 1. The van der Waals surface area contributed by atoms with Gasteiger partial charge in [0.05, 0.1) is 12.1 Å². The lowest BCUT2D eigenvalue weighted by molar-refractivity contribution is -0.274. The lowest BCUT2D eigenvalue weighted by atomic mass is 10.0. The van der Waals surface area contributed by atoms with Gasteiger partial charge in [-0.05, 0) is 36.1 Å². The second-order valence-electron chi connectivity index (χ2n) is 7.97. The van der Waals surface area contributed by atoms with E-state index in [4.69, 9.17) is 4.74 Å². The van der Waals surface area contributed by atoms with E-state index < -0.39 is 6.36 Å². The van der Waals surface area contributed by atoms with Crippen molar-refractivity contribution in [3.05, 3.63) is 65.7 Å². The van der Waals surface area contributed by atoms with Gasteiger partial charge in [0.25, 0.3) is 0 Å². The van der Waals surface area contributed by atoms with Gasteiger partial charge in [0, 0.05) is 26.2 Å². The molecule has 5 nitrogen and oxygen atoms in total. The highest BCUT2D eigenvalue weighted by molar-refractivity contribution is 5.78. The van der Waals surface area contributed by atoms with E-state index >= 15 is 0 Å². The maximum atomic E-state index is 12.6. The van der Waals surface area contributed by atoms with Crippen LogP contribution in [0.2, 0.25) is 0 Å². The number of alkyl halides is 3. The standard InChI is InChI=1S/C23H25F3N2O3/c24-23(25,26)31-19-8-4-7-18(13-19)14-27-11-9-20-21(10-12-27)30-16-22(29)28(20)15-17-5-2-1-3-6-17/h1-8,13,20-21H,9-12,14-16H2/t20-,21-/m0/s1. The molecule has 2 aromatic carbocycles. The summed E-state index contributed by atoms with van der Waals surface area (Å²) in [6, 6.07) is 16.0. The molecule has 166 valence electrons. The number of fused-ring (bicyclic) bond motifs is 1. The van der Waals surface area contributed by atoms with Gasteiger partial charge in [0.2, 0.25) is 5.91 Å². The van der Waals surface area contributed by atoms with Crippen LogP contribution in [-0.2, 0) is 22.6 Å². The molecule has 0 bridgehead atoms. The largest absolute Gasteiger partial charge is 0.573 e. The number of benzene rings is 2. The second kappa shape index (κ2) is 9.28. The third-order valence-electron chi connectivity index (χ3n) is 5.78. The molecule has 0 N–H and O–H groups in total. The van der Waals surface area contributed by atoms with Crippen LogP contribution >= 0.6 is 0 Å². The Labute approximate surface area is 179 Å². The molecular weight excluding hydrogens is 409 g/mol. The van der Waals surface area contributed by atoms with Crippen molar-refractivity contribution in [2.75, 3.05) is 19.7 Å². The van der Waals surface area contributed by atoms with Gasteiger partial charge in [0.1, 0.15) is 12.4 Å². The third kappa shape index (κ3) is 5.77. The van der Waals surface area contributed by atoms with E-state index in [1.54, 1.807) is 12.1 Å². The molecule has 2 aromatic rings. The van der Waals surface area contributed by atoms with Crippen molar-refractivity contribution >= 4 is 5.91 Å². The first-order chi connectivity index (χ1) is 14.9.